The predicted molar refractivity (Wildman–Crippen MR) is 120 cm³/mol. The number of carboxylic acid groups (broad SMARTS) is 1. The Morgan fingerprint density at radius 2 is 1.21 bits per heavy atom. The zero-order valence-electron chi connectivity index (χ0n) is 15.5. The van der Waals surface area contributed by atoms with E-state index in [1.54, 1.807) is 6.07 Å². The summed E-state index contributed by atoms with van der Waals surface area (Å²) >= 11 is 0. The van der Waals surface area contributed by atoms with E-state index in [1.165, 1.54) is 32.3 Å². The minimum atomic E-state index is -0.900. The van der Waals surface area contributed by atoms with Gasteiger partial charge >= 0.3 is 5.97 Å². The Kier molecular flexibility index (Phi) is 3.21. The van der Waals surface area contributed by atoms with E-state index in [9.17, 15) is 9.90 Å². The number of fused-ring (bicyclic) bond motifs is 1. The molecule has 0 bridgehead atoms. The van der Waals surface area contributed by atoms with Crippen LogP contribution in [0.4, 0.5) is 0 Å². The molecule has 6 aromatic rings. The number of rotatable bonds is 2. The highest BCUT2D eigenvalue weighted by Gasteiger charge is 2.16. The van der Waals surface area contributed by atoms with Crippen molar-refractivity contribution in [1.29, 1.82) is 0 Å². The van der Waals surface area contributed by atoms with E-state index >= 15 is 0 Å². The number of aromatic carboxylic acids is 1. The van der Waals surface area contributed by atoms with Gasteiger partial charge in [-0.25, -0.2) is 4.79 Å². The van der Waals surface area contributed by atoms with Gasteiger partial charge in [0.2, 0.25) is 0 Å². The van der Waals surface area contributed by atoms with Crippen molar-refractivity contribution < 1.29 is 9.90 Å². The zero-order chi connectivity index (χ0) is 19.5. The van der Waals surface area contributed by atoms with Crippen molar-refractivity contribution in [3.8, 4) is 11.1 Å². The summed E-state index contributed by atoms with van der Waals surface area (Å²) in [6.45, 7) is 0. The summed E-state index contributed by atoms with van der Waals surface area (Å²) in [4.78, 5) is 11.7. The molecule has 1 N–H and O–H groups in total. The minimum absolute atomic E-state index is 0.335. The second-order valence-corrected chi connectivity index (χ2v) is 7.48. The van der Waals surface area contributed by atoms with Gasteiger partial charge in [0.1, 0.15) is 0 Å². The maximum Gasteiger partial charge on any atom is 0.336 e. The average Bonchev–Trinajstić information content (AvgIpc) is 2.76. The SMILES string of the molecule is O=C(O)c1ccc(-c2cc3cccc4ccc5cccc2c5c43)c2ccccc12. The monoisotopic (exact) mass is 372 g/mol. The fourth-order valence-corrected chi connectivity index (χ4v) is 4.71. The molecule has 0 aliphatic heterocycles. The quantitative estimate of drug-likeness (QED) is 0.329. The van der Waals surface area contributed by atoms with Crippen LogP contribution in [-0.2, 0) is 0 Å². The molecule has 29 heavy (non-hydrogen) atoms. The van der Waals surface area contributed by atoms with Gasteiger partial charge < -0.3 is 5.11 Å². The Morgan fingerprint density at radius 1 is 0.552 bits per heavy atom. The molecular weight excluding hydrogens is 356 g/mol. The first kappa shape index (κ1) is 16.1. The third-order valence-corrected chi connectivity index (χ3v) is 5.95. The molecular formula is C27H16O2. The Labute approximate surface area is 167 Å². The van der Waals surface area contributed by atoms with E-state index in [1.807, 2.05) is 30.3 Å². The smallest absolute Gasteiger partial charge is 0.336 e. The van der Waals surface area contributed by atoms with Crippen molar-refractivity contribution in [2.75, 3.05) is 0 Å². The first-order valence-corrected chi connectivity index (χ1v) is 9.64. The highest BCUT2D eigenvalue weighted by atomic mass is 16.4. The first-order valence-electron chi connectivity index (χ1n) is 9.64. The molecule has 2 nitrogen and oxygen atoms in total. The van der Waals surface area contributed by atoms with Crippen LogP contribution in [-0.4, -0.2) is 11.1 Å². The van der Waals surface area contributed by atoms with E-state index in [-0.39, 0.29) is 0 Å². The van der Waals surface area contributed by atoms with Crippen LogP contribution in [0.1, 0.15) is 10.4 Å². The highest BCUT2D eigenvalue weighted by molar-refractivity contribution is 6.27. The molecule has 0 aromatic heterocycles. The summed E-state index contributed by atoms with van der Waals surface area (Å²) in [7, 11) is 0. The van der Waals surface area contributed by atoms with E-state index in [4.69, 9.17) is 0 Å². The van der Waals surface area contributed by atoms with Crippen LogP contribution in [0.5, 0.6) is 0 Å². The van der Waals surface area contributed by atoms with Crippen LogP contribution >= 0.6 is 0 Å². The number of hydrogen-bond donors (Lipinski definition) is 1. The van der Waals surface area contributed by atoms with Crippen molar-refractivity contribution in [2.24, 2.45) is 0 Å². The van der Waals surface area contributed by atoms with Crippen LogP contribution < -0.4 is 0 Å². The average molecular weight is 372 g/mol. The first-order chi connectivity index (χ1) is 14.2. The zero-order valence-corrected chi connectivity index (χ0v) is 15.5. The van der Waals surface area contributed by atoms with Crippen LogP contribution in [0.2, 0.25) is 0 Å². The maximum absolute atomic E-state index is 11.7. The van der Waals surface area contributed by atoms with Gasteiger partial charge in [-0.2, -0.15) is 0 Å². The minimum Gasteiger partial charge on any atom is -0.478 e. The summed E-state index contributed by atoms with van der Waals surface area (Å²) < 4.78 is 0. The molecule has 6 aromatic carbocycles. The Hall–Kier alpha value is -3.91. The number of carboxylic acids is 1. The predicted octanol–water partition coefficient (Wildman–Crippen LogP) is 7.10. The van der Waals surface area contributed by atoms with E-state index in [2.05, 4.69) is 54.6 Å². The standard InChI is InChI=1S/C27H16O2/c28-27(29)23-14-13-21(19-8-1-2-9-20(19)23)24-15-18-7-3-5-16-11-12-17-6-4-10-22(24)26(17)25(16)18/h1-15H,(H,28,29). The topological polar surface area (TPSA) is 37.3 Å². The van der Waals surface area contributed by atoms with E-state index in [0.717, 1.165) is 21.9 Å². The summed E-state index contributed by atoms with van der Waals surface area (Å²) in [6.07, 6.45) is 0. The normalized spacial score (nSPS) is 11.7. The van der Waals surface area contributed by atoms with Crippen LogP contribution in [0, 0.1) is 0 Å². The molecule has 0 aliphatic carbocycles. The number of benzene rings is 6. The van der Waals surface area contributed by atoms with Crippen molar-refractivity contribution >= 4 is 49.1 Å². The maximum atomic E-state index is 11.7. The van der Waals surface area contributed by atoms with Gasteiger partial charge in [-0.1, -0.05) is 78.9 Å². The molecule has 0 amide bonds. The van der Waals surface area contributed by atoms with Crippen molar-refractivity contribution in [2.45, 2.75) is 0 Å². The molecule has 0 saturated carbocycles. The van der Waals surface area contributed by atoms with Gasteiger partial charge in [0.25, 0.3) is 0 Å². The Morgan fingerprint density at radius 3 is 2.00 bits per heavy atom. The molecule has 0 heterocycles. The summed E-state index contributed by atoms with van der Waals surface area (Å²) in [6, 6.07) is 30.9. The molecule has 2 heteroatoms. The second-order valence-electron chi connectivity index (χ2n) is 7.48. The molecule has 0 saturated heterocycles. The van der Waals surface area contributed by atoms with Gasteiger partial charge in [0.15, 0.2) is 0 Å². The molecule has 0 spiro atoms. The lowest BCUT2D eigenvalue weighted by Gasteiger charge is -2.16. The number of hydrogen-bond acceptors (Lipinski definition) is 1. The third-order valence-electron chi connectivity index (χ3n) is 5.95. The van der Waals surface area contributed by atoms with E-state index in [0.29, 0.717) is 5.56 Å². The van der Waals surface area contributed by atoms with Gasteiger partial charge in [-0.3, -0.25) is 0 Å². The molecule has 0 fully saturated rings. The Bertz CT molecular complexity index is 1580. The lowest BCUT2D eigenvalue weighted by atomic mass is 9.87. The van der Waals surface area contributed by atoms with Crippen molar-refractivity contribution in [3.05, 3.63) is 96.6 Å². The second kappa shape index (κ2) is 5.79. The van der Waals surface area contributed by atoms with Gasteiger partial charge in [0, 0.05) is 0 Å². The molecule has 0 radical (unpaired) electrons. The van der Waals surface area contributed by atoms with Crippen LogP contribution in [0.15, 0.2) is 91.0 Å². The number of carbonyl (C=O) groups is 1. The molecule has 0 aliphatic rings. The Balaban J connectivity index is 1.82. The van der Waals surface area contributed by atoms with Crippen LogP contribution in [0.25, 0.3) is 54.2 Å². The van der Waals surface area contributed by atoms with Gasteiger partial charge in [-0.15, -0.1) is 0 Å². The van der Waals surface area contributed by atoms with Crippen molar-refractivity contribution in [3.63, 3.8) is 0 Å². The molecule has 0 atom stereocenters. The molecule has 6 rings (SSSR count). The van der Waals surface area contributed by atoms with Gasteiger partial charge in [-0.05, 0) is 66.3 Å². The molecule has 0 unspecified atom stereocenters. The summed E-state index contributed by atoms with van der Waals surface area (Å²) in [5.74, 6) is -0.900. The lowest BCUT2D eigenvalue weighted by Crippen LogP contribution is -1.98. The summed E-state index contributed by atoms with van der Waals surface area (Å²) in [5, 5.41) is 18.8. The molecule has 136 valence electrons. The fraction of sp³-hybridized carbons (Fsp3) is 0. The van der Waals surface area contributed by atoms with E-state index < -0.39 is 5.97 Å². The van der Waals surface area contributed by atoms with Crippen molar-refractivity contribution in [1.82, 2.24) is 0 Å². The highest BCUT2D eigenvalue weighted by Crippen LogP contribution is 2.42. The summed E-state index contributed by atoms with van der Waals surface area (Å²) in [5.41, 5.74) is 2.53. The lowest BCUT2D eigenvalue weighted by molar-refractivity contribution is 0.0699. The largest absolute Gasteiger partial charge is 0.478 e. The third kappa shape index (κ3) is 2.20. The van der Waals surface area contributed by atoms with Gasteiger partial charge in [0.05, 0.1) is 5.56 Å². The fourth-order valence-electron chi connectivity index (χ4n) is 4.71. The van der Waals surface area contributed by atoms with Crippen LogP contribution in [0.3, 0.4) is 0 Å².